The molecule has 5 heteroatoms. The normalized spacial score (nSPS) is 13.9. The number of rotatable bonds is 5. The van der Waals surface area contributed by atoms with Crippen LogP contribution in [0, 0.1) is 0 Å². The zero-order chi connectivity index (χ0) is 16.9. The van der Waals surface area contributed by atoms with Gasteiger partial charge in [0.05, 0.1) is 19.6 Å². The zero-order valence-corrected chi connectivity index (χ0v) is 13.9. The van der Waals surface area contributed by atoms with Crippen molar-refractivity contribution in [3.8, 4) is 17.2 Å². The monoisotopic (exact) mass is 327 g/mol. The Balaban J connectivity index is 1.65. The lowest BCUT2D eigenvalue weighted by Crippen LogP contribution is -2.28. The van der Waals surface area contributed by atoms with E-state index in [1.54, 1.807) is 7.11 Å². The van der Waals surface area contributed by atoms with Crippen molar-refractivity contribution in [2.45, 2.75) is 19.4 Å². The van der Waals surface area contributed by atoms with E-state index in [9.17, 15) is 4.79 Å². The number of nitrogens with one attached hydrogen (secondary N) is 1. The maximum atomic E-state index is 12.3. The van der Waals surface area contributed by atoms with E-state index in [1.165, 1.54) is 0 Å². The van der Waals surface area contributed by atoms with E-state index < -0.39 is 0 Å². The Morgan fingerprint density at radius 1 is 1.17 bits per heavy atom. The summed E-state index contributed by atoms with van der Waals surface area (Å²) >= 11 is 0. The van der Waals surface area contributed by atoms with E-state index in [0.717, 1.165) is 22.6 Å². The van der Waals surface area contributed by atoms with Gasteiger partial charge in [-0.05, 0) is 30.7 Å². The highest BCUT2D eigenvalue weighted by Crippen LogP contribution is 2.31. The second-order valence-corrected chi connectivity index (χ2v) is 5.69. The van der Waals surface area contributed by atoms with Crippen molar-refractivity contribution in [3.63, 3.8) is 0 Å². The SMILES string of the molecule is COc1ccccc1[C@H](C)NC(=O)Cc1ccc2c(c1)OCCO2. The van der Waals surface area contributed by atoms with E-state index in [-0.39, 0.29) is 18.4 Å². The van der Waals surface area contributed by atoms with E-state index in [1.807, 2.05) is 49.4 Å². The number of fused-ring (bicyclic) bond motifs is 1. The molecule has 1 aliphatic heterocycles. The third-order valence-electron chi connectivity index (χ3n) is 3.95. The molecule has 1 atom stereocenters. The number of carbonyl (C=O) groups is 1. The second-order valence-electron chi connectivity index (χ2n) is 5.69. The minimum atomic E-state index is -0.133. The van der Waals surface area contributed by atoms with E-state index >= 15 is 0 Å². The van der Waals surface area contributed by atoms with Crippen LogP contribution in [0.2, 0.25) is 0 Å². The Bertz CT molecular complexity index is 729. The molecule has 1 amide bonds. The molecule has 1 aliphatic rings. The van der Waals surface area contributed by atoms with Gasteiger partial charge in [-0.15, -0.1) is 0 Å². The van der Waals surface area contributed by atoms with Crippen LogP contribution in [0.4, 0.5) is 0 Å². The summed E-state index contributed by atoms with van der Waals surface area (Å²) in [5.74, 6) is 2.15. The van der Waals surface area contributed by atoms with Crippen LogP contribution in [0.3, 0.4) is 0 Å². The summed E-state index contributed by atoms with van der Waals surface area (Å²) in [4.78, 5) is 12.3. The molecule has 0 fully saturated rings. The lowest BCUT2D eigenvalue weighted by atomic mass is 10.1. The van der Waals surface area contributed by atoms with Gasteiger partial charge in [-0.1, -0.05) is 24.3 Å². The molecule has 0 radical (unpaired) electrons. The number of benzene rings is 2. The highest BCUT2D eigenvalue weighted by atomic mass is 16.6. The molecule has 2 aromatic rings. The fraction of sp³-hybridized carbons (Fsp3) is 0.316. The van der Waals surface area contributed by atoms with E-state index in [2.05, 4.69) is 5.32 Å². The lowest BCUT2D eigenvalue weighted by Gasteiger charge is -2.19. The van der Waals surface area contributed by atoms with Crippen molar-refractivity contribution >= 4 is 5.91 Å². The number of para-hydroxylation sites is 1. The molecule has 1 heterocycles. The summed E-state index contributed by atoms with van der Waals surface area (Å²) in [7, 11) is 1.63. The first kappa shape index (κ1) is 16.2. The predicted molar refractivity (Wildman–Crippen MR) is 90.7 cm³/mol. The van der Waals surface area contributed by atoms with Gasteiger partial charge in [-0.2, -0.15) is 0 Å². The molecule has 2 aromatic carbocycles. The number of hydrogen-bond donors (Lipinski definition) is 1. The highest BCUT2D eigenvalue weighted by molar-refractivity contribution is 5.79. The van der Waals surface area contributed by atoms with Crippen LogP contribution >= 0.6 is 0 Å². The topological polar surface area (TPSA) is 56.8 Å². The Morgan fingerprint density at radius 3 is 2.71 bits per heavy atom. The molecule has 0 bridgehead atoms. The first-order valence-electron chi connectivity index (χ1n) is 7.98. The summed E-state index contributed by atoms with van der Waals surface area (Å²) in [5, 5.41) is 3.01. The first-order valence-corrected chi connectivity index (χ1v) is 7.98. The fourth-order valence-corrected chi connectivity index (χ4v) is 2.78. The van der Waals surface area contributed by atoms with Crippen molar-refractivity contribution in [1.29, 1.82) is 0 Å². The Kier molecular flexibility index (Phi) is 4.89. The van der Waals surface area contributed by atoms with Crippen molar-refractivity contribution < 1.29 is 19.0 Å². The molecule has 3 rings (SSSR count). The Labute approximate surface area is 141 Å². The summed E-state index contributed by atoms with van der Waals surface area (Å²) in [6, 6.07) is 13.1. The van der Waals surface area contributed by atoms with Crippen LogP contribution in [0.1, 0.15) is 24.1 Å². The minimum absolute atomic E-state index is 0.0508. The molecule has 0 aromatic heterocycles. The highest BCUT2D eigenvalue weighted by Gasteiger charge is 2.16. The maximum absolute atomic E-state index is 12.3. The van der Waals surface area contributed by atoms with Crippen LogP contribution in [-0.2, 0) is 11.2 Å². The van der Waals surface area contributed by atoms with Crippen LogP contribution in [-0.4, -0.2) is 26.2 Å². The van der Waals surface area contributed by atoms with E-state index in [0.29, 0.717) is 19.0 Å². The molecule has 24 heavy (non-hydrogen) atoms. The number of ether oxygens (including phenoxy) is 3. The number of carbonyl (C=O) groups excluding carboxylic acids is 1. The van der Waals surface area contributed by atoms with Gasteiger partial charge in [0, 0.05) is 5.56 Å². The van der Waals surface area contributed by atoms with Gasteiger partial charge in [0.2, 0.25) is 5.91 Å². The molecular formula is C19H21NO4. The number of amides is 1. The van der Waals surface area contributed by atoms with Crippen LogP contribution in [0.5, 0.6) is 17.2 Å². The maximum Gasteiger partial charge on any atom is 0.224 e. The average Bonchev–Trinajstić information content (AvgIpc) is 2.61. The summed E-state index contributed by atoms with van der Waals surface area (Å²) in [6.07, 6.45) is 0.288. The molecule has 126 valence electrons. The van der Waals surface area contributed by atoms with Gasteiger partial charge in [-0.3, -0.25) is 4.79 Å². The van der Waals surface area contributed by atoms with Gasteiger partial charge < -0.3 is 19.5 Å². The number of methoxy groups -OCH3 is 1. The predicted octanol–water partition coefficient (Wildman–Crippen LogP) is 2.89. The molecule has 0 aliphatic carbocycles. The lowest BCUT2D eigenvalue weighted by molar-refractivity contribution is -0.121. The molecule has 0 unspecified atom stereocenters. The van der Waals surface area contributed by atoms with Gasteiger partial charge in [0.1, 0.15) is 19.0 Å². The quantitative estimate of drug-likeness (QED) is 0.917. The van der Waals surface area contributed by atoms with Gasteiger partial charge in [-0.25, -0.2) is 0 Å². The molecule has 5 nitrogen and oxygen atoms in total. The molecule has 0 spiro atoms. The summed E-state index contributed by atoms with van der Waals surface area (Å²) in [6.45, 7) is 3.04. The Hall–Kier alpha value is -2.69. The number of hydrogen-bond acceptors (Lipinski definition) is 4. The fourth-order valence-electron chi connectivity index (χ4n) is 2.78. The standard InChI is InChI=1S/C19H21NO4/c1-13(15-5-3-4-6-16(15)22-2)20-19(21)12-14-7-8-17-18(11-14)24-10-9-23-17/h3-8,11,13H,9-10,12H2,1-2H3,(H,20,21)/t13-/m0/s1. The molecule has 0 saturated heterocycles. The van der Waals surface area contributed by atoms with Crippen molar-refractivity contribution in [3.05, 3.63) is 53.6 Å². The third-order valence-corrected chi connectivity index (χ3v) is 3.95. The van der Waals surface area contributed by atoms with Crippen molar-refractivity contribution in [2.24, 2.45) is 0 Å². The molecule has 1 N–H and O–H groups in total. The van der Waals surface area contributed by atoms with Gasteiger partial charge in [0.25, 0.3) is 0 Å². The summed E-state index contributed by atoms with van der Waals surface area (Å²) in [5.41, 5.74) is 1.85. The van der Waals surface area contributed by atoms with E-state index in [4.69, 9.17) is 14.2 Å². The zero-order valence-electron chi connectivity index (χ0n) is 13.9. The Morgan fingerprint density at radius 2 is 1.92 bits per heavy atom. The van der Waals surface area contributed by atoms with Crippen molar-refractivity contribution in [2.75, 3.05) is 20.3 Å². The van der Waals surface area contributed by atoms with Crippen LogP contribution in [0.15, 0.2) is 42.5 Å². The third kappa shape index (κ3) is 3.62. The minimum Gasteiger partial charge on any atom is -0.496 e. The van der Waals surface area contributed by atoms with Crippen LogP contribution < -0.4 is 19.5 Å². The second kappa shape index (κ2) is 7.25. The smallest absolute Gasteiger partial charge is 0.224 e. The molecular weight excluding hydrogens is 306 g/mol. The first-order chi connectivity index (χ1) is 11.7. The average molecular weight is 327 g/mol. The molecule has 0 saturated carbocycles. The van der Waals surface area contributed by atoms with Gasteiger partial charge >= 0.3 is 0 Å². The largest absolute Gasteiger partial charge is 0.496 e. The van der Waals surface area contributed by atoms with Crippen LogP contribution in [0.25, 0.3) is 0 Å². The van der Waals surface area contributed by atoms with Gasteiger partial charge in [0.15, 0.2) is 11.5 Å². The summed E-state index contributed by atoms with van der Waals surface area (Å²) < 4.78 is 16.4. The van der Waals surface area contributed by atoms with Crippen molar-refractivity contribution in [1.82, 2.24) is 5.32 Å².